The van der Waals surface area contributed by atoms with Crippen molar-refractivity contribution < 1.29 is 27.5 Å². The summed E-state index contributed by atoms with van der Waals surface area (Å²) in [6.45, 7) is 1.88. The van der Waals surface area contributed by atoms with Gasteiger partial charge in [-0.3, -0.25) is 4.79 Å². The van der Waals surface area contributed by atoms with Crippen molar-refractivity contribution in [2.24, 2.45) is 0 Å². The predicted molar refractivity (Wildman–Crippen MR) is 136 cm³/mol. The van der Waals surface area contributed by atoms with Crippen LogP contribution in [-0.2, 0) is 20.6 Å². The molecule has 3 aromatic carbocycles. The second-order valence-electron chi connectivity index (χ2n) is 8.11. The van der Waals surface area contributed by atoms with Crippen LogP contribution in [-0.4, -0.2) is 34.2 Å². The smallest absolute Gasteiger partial charge is 0.333 e. The number of hydrogen-bond acceptors (Lipinski definition) is 6. The van der Waals surface area contributed by atoms with Crippen LogP contribution in [0.5, 0.6) is 11.5 Å². The molecule has 0 aromatic heterocycles. The van der Waals surface area contributed by atoms with Crippen LogP contribution in [0, 0.1) is 6.92 Å². The van der Waals surface area contributed by atoms with E-state index in [1.54, 1.807) is 73.7 Å². The van der Waals surface area contributed by atoms with E-state index < -0.39 is 22.0 Å². The lowest BCUT2D eigenvalue weighted by Gasteiger charge is -2.20. The van der Waals surface area contributed by atoms with Gasteiger partial charge in [0.25, 0.3) is 5.91 Å². The number of nitrogens with zero attached hydrogens (tertiary/aromatic N) is 1. The number of hydrogen-bond donors (Lipinski definition) is 2. The number of nitrogens with one attached hydrogen (secondary N) is 2. The Morgan fingerprint density at radius 3 is 2.42 bits per heavy atom. The minimum absolute atomic E-state index is 0.0916. The number of carbonyl (C=O) groups is 2. The molecule has 36 heavy (non-hydrogen) atoms. The summed E-state index contributed by atoms with van der Waals surface area (Å²) in [5.74, 6) is 0.115. The van der Waals surface area contributed by atoms with E-state index in [0.717, 1.165) is 5.56 Å². The fourth-order valence-electron chi connectivity index (χ4n) is 3.56. The van der Waals surface area contributed by atoms with Crippen LogP contribution in [0.4, 0.5) is 10.5 Å². The van der Waals surface area contributed by atoms with Crippen LogP contribution in [0.3, 0.4) is 0 Å². The van der Waals surface area contributed by atoms with Gasteiger partial charge in [-0.1, -0.05) is 54.6 Å². The van der Waals surface area contributed by atoms with E-state index in [-0.39, 0.29) is 18.2 Å². The molecule has 9 nitrogen and oxygen atoms in total. The Balaban J connectivity index is 1.54. The Labute approximate surface area is 209 Å². The molecule has 0 atom stereocenters. The van der Waals surface area contributed by atoms with E-state index in [9.17, 15) is 18.0 Å². The highest BCUT2D eigenvalue weighted by molar-refractivity contribution is 7.89. The summed E-state index contributed by atoms with van der Waals surface area (Å²) < 4.78 is 37.9. The van der Waals surface area contributed by atoms with Gasteiger partial charge in [0.1, 0.15) is 5.70 Å². The second-order valence-corrected chi connectivity index (χ2v) is 9.83. The molecule has 1 heterocycles. The number of carbonyl (C=O) groups excluding carboxylic acids is 2. The summed E-state index contributed by atoms with van der Waals surface area (Å²) >= 11 is 0. The van der Waals surface area contributed by atoms with Crippen molar-refractivity contribution in [3.8, 4) is 11.5 Å². The van der Waals surface area contributed by atoms with E-state index in [0.29, 0.717) is 28.3 Å². The molecule has 0 aliphatic carbocycles. The lowest BCUT2D eigenvalue weighted by atomic mass is 10.1. The molecule has 0 bridgehead atoms. The van der Waals surface area contributed by atoms with Crippen LogP contribution in [0.25, 0.3) is 6.08 Å². The molecular weight excluding hydrogens is 482 g/mol. The Kier molecular flexibility index (Phi) is 7.25. The quantitative estimate of drug-likeness (QED) is 0.473. The molecule has 186 valence electrons. The first-order chi connectivity index (χ1) is 17.2. The third kappa shape index (κ3) is 6.02. The van der Waals surface area contributed by atoms with Gasteiger partial charge in [-0.05, 0) is 41.8 Å². The van der Waals surface area contributed by atoms with Crippen molar-refractivity contribution in [1.29, 1.82) is 0 Å². The van der Waals surface area contributed by atoms with E-state index >= 15 is 0 Å². The summed E-state index contributed by atoms with van der Waals surface area (Å²) in [4.78, 5) is 27.4. The van der Waals surface area contributed by atoms with Crippen molar-refractivity contribution in [2.45, 2.75) is 12.7 Å². The average Bonchev–Trinajstić information content (AvgIpc) is 3.32. The molecule has 10 heteroatoms. The molecule has 3 aromatic rings. The maximum absolute atomic E-state index is 13.4. The number of amides is 3. The fourth-order valence-corrected chi connectivity index (χ4v) is 4.70. The maximum atomic E-state index is 13.4. The highest BCUT2D eigenvalue weighted by Crippen LogP contribution is 2.35. The van der Waals surface area contributed by atoms with Crippen LogP contribution in [0.15, 0.2) is 78.5 Å². The van der Waals surface area contributed by atoms with Crippen molar-refractivity contribution in [2.75, 3.05) is 18.7 Å². The molecule has 3 amide bonds. The van der Waals surface area contributed by atoms with Crippen LogP contribution >= 0.6 is 0 Å². The number of urea groups is 1. The Morgan fingerprint density at radius 2 is 1.67 bits per heavy atom. The van der Waals surface area contributed by atoms with Crippen molar-refractivity contribution in [3.63, 3.8) is 0 Å². The Morgan fingerprint density at radius 1 is 0.972 bits per heavy atom. The lowest BCUT2D eigenvalue weighted by Crippen LogP contribution is -2.43. The Hall–Kier alpha value is -4.31. The summed E-state index contributed by atoms with van der Waals surface area (Å²) in [6, 6.07) is 19.8. The van der Waals surface area contributed by atoms with Gasteiger partial charge < -0.3 is 19.7 Å². The molecule has 0 radical (unpaired) electrons. The molecular formula is C26H25N3O6S. The summed E-state index contributed by atoms with van der Waals surface area (Å²) in [5, 5.41) is 2.41. The van der Waals surface area contributed by atoms with Gasteiger partial charge in [0.05, 0.1) is 5.75 Å². The van der Waals surface area contributed by atoms with Gasteiger partial charge in [-0.2, -0.15) is 0 Å². The topological polar surface area (TPSA) is 114 Å². The summed E-state index contributed by atoms with van der Waals surface area (Å²) in [5.41, 5.74) is 2.37. The van der Waals surface area contributed by atoms with Gasteiger partial charge >= 0.3 is 6.03 Å². The third-order valence-corrected chi connectivity index (χ3v) is 6.68. The van der Waals surface area contributed by atoms with Gasteiger partial charge in [0.15, 0.2) is 11.5 Å². The fraction of sp³-hybridized carbons (Fsp3) is 0.154. The number of likely N-dealkylation sites (N-methyl/N-ethyl adjacent to an activating group) is 1. The molecule has 1 aliphatic heterocycles. The first-order valence-corrected chi connectivity index (χ1v) is 12.7. The lowest BCUT2D eigenvalue weighted by molar-refractivity contribution is -0.115. The molecule has 0 saturated carbocycles. The SMILES string of the molecule is Cc1ccccc1CS(=O)(=O)NC(=O)N/C(=C\c1ccccc1)C(=O)N(C)c1ccc2c(c1)OCO2. The monoisotopic (exact) mass is 507 g/mol. The van der Waals surface area contributed by atoms with Gasteiger partial charge in [0.2, 0.25) is 16.8 Å². The molecule has 2 N–H and O–H groups in total. The highest BCUT2D eigenvalue weighted by atomic mass is 32.2. The number of aryl methyl sites for hydroxylation is 1. The summed E-state index contributed by atoms with van der Waals surface area (Å²) in [7, 11) is -2.49. The zero-order valence-electron chi connectivity index (χ0n) is 19.7. The van der Waals surface area contributed by atoms with Gasteiger partial charge in [-0.25, -0.2) is 17.9 Å². The minimum Gasteiger partial charge on any atom is -0.454 e. The third-order valence-electron chi connectivity index (χ3n) is 5.49. The molecule has 0 unspecified atom stereocenters. The number of benzene rings is 3. The zero-order valence-corrected chi connectivity index (χ0v) is 20.5. The first kappa shape index (κ1) is 24.8. The highest BCUT2D eigenvalue weighted by Gasteiger charge is 2.23. The number of rotatable bonds is 7. The van der Waals surface area contributed by atoms with Gasteiger partial charge in [0, 0.05) is 18.8 Å². The average molecular weight is 508 g/mol. The number of sulfonamides is 1. The number of fused-ring (bicyclic) bond motifs is 1. The van der Waals surface area contributed by atoms with E-state index in [1.165, 1.54) is 18.0 Å². The van der Waals surface area contributed by atoms with Crippen LogP contribution in [0.1, 0.15) is 16.7 Å². The molecule has 0 spiro atoms. The standard InChI is InChI=1S/C26H25N3O6S/c1-18-8-6-7-11-20(18)16-36(32,33)28-26(31)27-22(14-19-9-4-3-5-10-19)25(30)29(2)21-12-13-23-24(15-21)35-17-34-23/h3-15H,16-17H2,1-2H3,(H2,27,28,31)/b22-14-. The predicted octanol–water partition coefficient (Wildman–Crippen LogP) is 3.56. The largest absolute Gasteiger partial charge is 0.454 e. The molecule has 4 rings (SSSR count). The van der Waals surface area contributed by atoms with E-state index in [1.807, 2.05) is 10.8 Å². The van der Waals surface area contributed by atoms with Crippen LogP contribution < -0.4 is 24.4 Å². The minimum atomic E-state index is -4.02. The normalized spacial score (nSPS) is 12.7. The molecule has 1 aliphatic rings. The maximum Gasteiger partial charge on any atom is 0.333 e. The Bertz CT molecular complexity index is 1420. The number of ether oxygens (including phenoxy) is 2. The number of anilines is 1. The van der Waals surface area contributed by atoms with Gasteiger partial charge in [-0.15, -0.1) is 0 Å². The van der Waals surface area contributed by atoms with Crippen molar-refractivity contribution in [3.05, 3.63) is 95.2 Å². The molecule has 0 fully saturated rings. The van der Waals surface area contributed by atoms with E-state index in [2.05, 4.69) is 5.32 Å². The zero-order chi connectivity index (χ0) is 25.7. The van der Waals surface area contributed by atoms with Crippen molar-refractivity contribution in [1.82, 2.24) is 10.0 Å². The van der Waals surface area contributed by atoms with E-state index in [4.69, 9.17) is 9.47 Å². The molecule has 0 saturated heterocycles. The second kappa shape index (κ2) is 10.5. The summed E-state index contributed by atoms with van der Waals surface area (Å²) in [6.07, 6.45) is 1.47. The first-order valence-electron chi connectivity index (χ1n) is 11.0. The van der Waals surface area contributed by atoms with Crippen LogP contribution in [0.2, 0.25) is 0 Å². The van der Waals surface area contributed by atoms with Crippen molar-refractivity contribution >= 4 is 33.7 Å².